The minimum atomic E-state index is -0.252. The number of amides is 2. The van der Waals surface area contributed by atoms with Gasteiger partial charge in [-0.3, -0.25) is 19.3 Å². The monoisotopic (exact) mass is 375 g/mol. The first-order valence-corrected chi connectivity index (χ1v) is 9.42. The number of nitrogens with zero attached hydrogens (tertiary/aromatic N) is 1. The van der Waals surface area contributed by atoms with Gasteiger partial charge in [0.25, 0.3) is 0 Å². The van der Waals surface area contributed by atoms with Crippen LogP contribution in [0.4, 0.5) is 5.69 Å². The summed E-state index contributed by atoms with van der Waals surface area (Å²) in [6.07, 6.45) is 1.39. The van der Waals surface area contributed by atoms with Crippen LogP contribution in [0.1, 0.15) is 30.9 Å². The maximum Gasteiger partial charge on any atom is 0.309 e. The molecule has 7 heteroatoms. The molecule has 1 aliphatic rings. The second-order valence-electron chi connectivity index (χ2n) is 6.87. The van der Waals surface area contributed by atoms with Gasteiger partial charge in [0.15, 0.2) is 0 Å². The van der Waals surface area contributed by atoms with Crippen molar-refractivity contribution in [1.29, 1.82) is 0 Å². The molecule has 1 aromatic rings. The van der Waals surface area contributed by atoms with Gasteiger partial charge in [0.05, 0.1) is 25.6 Å². The third kappa shape index (κ3) is 6.36. The van der Waals surface area contributed by atoms with Crippen LogP contribution in [0, 0.1) is 19.8 Å². The summed E-state index contributed by atoms with van der Waals surface area (Å²) in [5, 5.41) is 5.48. The van der Waals surface area contributed by atoms with Gasteiger partial charge in [-0.2, -0.15) is 0 Å². The van der Waals surface area contributed by atoms with Crippen molar-refractivity contribution in [2.75, 3.05) is 38.1 Å². The van der Waals surface area contributed by atoms with Gasteiger partial charge in [-0.15, -0.1) is 0 Å². The van der Waals surface area contributed by atoms with Crippen molar-refractivity contribution in [1.82, 2.24) is 10.2 Å². The molecule has 0 spiro atoms. The first kappa shape index (κ1) is 20.9. The Morgan fingerprint density at radius 1 is 1.15 bits per heavy atom. The van der Waals surface area contributed by atoms with Crippen LogP contribution in [-0.4, -0.2) is 55.5 Å². The zero-order valence-electron chi connectivity index (χ0n) is 16.3. The Labute approximate surface area is 160 Å². The van der Waals surface area contributed by atoms with Gasteiger partial charge in [-0.1, -0.05) is 12.1 Å². The Hall–Kier alpha value is -2.41. The van der Waals surface area contributed by atoms with Crippen LogP contribution in [-0.2, 0) is 19.1 Å². The normalized spacial score (nSPS) is 15.2. The van der Waals surface area contributed by atoms with Crippen LogP contribution in [0.15, 0.2) is 18.2 Å². The minimum Gasteiger partial charge on any atom is -0.466 e. The molecule has 148 valence electrons. The number of hydrogen-bond donors (Lipinski definition) is 2. The van der Waals surface area contributed by atoms with E-state index in [0.717, 1.165) is 16.8 Å². The molecule has 1 aliphatic heterocycles. The predicted molar refractivity (Wildman–Crippen MR) is 103 cm³/mol. The van der Waals surface area contributed by atoms with Crippen LogP contribution >= 0.6 is 0 Å². The van der Waals surface area contributed by atoms with Gasteiger partial charge in [0, 0.05) is 5.69 Å². The van der Waals surface area contributed by atoms with Gasteiger partial charge in [-0.05, 0) is 63.9 Å². The SMILES string of the molecule is CCOC(=O)C1CCN(CC(=O)NCC(=O)Nc2cccc(C)c2C)CC1. The van der Waals surface area contributed by atoms with E-state index in [1.807, 2.05) is 36.9 Å². The summed E-state index contributed by atoms with van der Waals surface area (Å²) in [6.45, 7) is 7.63. The smallest absolute Gasteiger partial charge is 0.309 e. The van der Waals surface area contributed by atoms with Crippen molar-refractivity contribution in [3.8, 4) is 0 Å². The molecule has 1 heterocycles. The number of benzene rings is 1. The Morgan fingerprint density at radius 3 is 2.52 bits per heavy atom. The summed E-state index contributed by atoms with van der Waals surface area (Å²) in [5.41, 5.74) is 2.87. The van der Waals surface area contributed by atoms with Crippen molar-refractivity contribution < 1.29 is 19.1 Å². The highest BCUT2D eigenvalue weighted by molar-refractivity contribution is 5.95. The van der Waals surface area contributed by atoms with Gasteiger partial charge in [0.1, 0.15) is 0 Å². The number of rotatable bonds is 7. The van der Waals surface area contributed by atoms with E-state index in [4.69, 9.17) is 4.74 Å². The number of aryl methyl sites for hydroxylation is 1. The molecule has 1 fully saturated rings. The largest absolute Gasteiger partial charge is 0.466 e. The highest BCUT2D eigenvalue weighted by Crippen LogP contribution is 2.19. The standard InChI is InChI=1S/C20H29N3O4/c1-4-27-20(26)16-8-10-23(11-9-16)13-19(25)21-12-18(24)22-17-7-5-6-14(2)15(17)3/h5-7,16H,4,8-13H2,1-3H3,(H,21,25)(H,22,24). The van der Waals surface area contributed by atoms with Gasteiger partial charge in [0.2, 0.25) is 11.8 Å². The fraction of sp³-hybridized carbons (Fsp3) is 0.550. The molecule has 2 rings (SSSR count). The number of esters is 1. The lowest BCUT2D eigenvalue weighted by molar-refractivity contribution is -0.149. The number of hydrogen-bond acceptors (Lipinski definition) is 5. The number of carbonyl (C=O) groups is 3. The summed E-state index contributed by atoms with van der Waals surface area (Å²) >= 11 is 0. The van der Waals surface area contributed by atoms with Gasteiger partial charge < -0.3 is 15.4 Å². The van der Waals surface area contributed by atoms with Crippen LogP contribution in [0.25, 0.3) is 0 Å². The molecule has 1 aromatic carbocycles. The molecule has 27 heavy (non-hydrogen) atoms. The van der Waals surface area contributed by atoms with Crippen molar-refractivity contribution in [2.24, 2.45) is 5.92 Å². The zero-order valence-corrected chi connectivity index (χ0v) is 16.3. The second-order valence-corrected chi connectivity index (χ2v) is 6.87. The van der Waals surface area contributed by atoms with E-state index in [1.165, 1.54) is 0 Å². The highest BCUT2D eigenvalue weighted by atomic mass is 16.5. The lowest BCUT2D eigenvalue weighted by Crippen LogP contribution is -2.44. The second kappa shape index (κ2) is 10.1. The Balaban J connectivity index is 1.70. The number of likely N-dealkylation sites (tertiary alicyclic amines) is 1. The molecular formula is C20H29N3O4. The molecule has 1 saturated heterocycles. The molecule has 0 unspecified atom stereocenters. The highest BCUT2D eigenvalue weighted by Gasteiger charge is 2.26. The van der Waals surface area contributed by atoms with Crippen LogP contribution < -0.4 is 10.6 Å². The van der Waals surface area contributed by atoms with E-state index in [0.29, 0.717) is 32.5 Å². The fourth-order valence-electron chi connectivity index (χ4n) is 3.11. The number of nitrogens with one attached hydrogen (secondary N) is 2. The topological polar surface area (TPSA) is 87.7 Å². The molecule has 7 nitrogen and oxygen atoms in total. The summed E-state index contributed by atoms with van der Waals surface area (Å²) in [7, 11) is 0. The van der Waals surface area contributed by atoms with Crippen molar-refractivity contribution >= 4 is 23.5 Å². The number of carbonyl (C=O) groups excluding carboxylic acids is 3. The Kier molecular flexibility index (Phi) is 7.79. The zero-order chi connectivity index (χ0) is 19.8. The summed E-state index contributed by atoms with van der Waals surface area (Å²) in [4.78, 5) is 37.9. The molecule has 0 aliphatic carbocycles. The number of anilines is 1. The van der Waals surface area contributed by atoms with E-state index in [2.05, 4.69) is 10.6 Å². The van der Waals surface area contributed by atoms with Crippen molar-refractivity contribution in [2.45, 2.75) is 33.6 Å². The summed E-state index contributed by atoms with van der Waals surface area (Å²) < 4.78 is 5.05. The lowest BCUT2D eigenvalue weighted by Gasteiger charge is -2.30. The predicted octanol–water partition coefficient (Wildman–Crippen LogP) is 1.63. The van der Waals surface area contributed by atoms with Crippen molar-refractivity contribution in [3.05, 3.63) is 29.3 Å². The average molecular weight is 375 g/mol. The molecule has 2 amide bonds. The van der Waals surface area contributed by atoms with Gasteiger partial charge in [-0.25, -0.2) is 0 Å². The van der Waals surface area contributed by atoms with E-state index in [-0.39, 0.29) is 36.8 Å². The molecule has 0 atom stereocenters. The molecule has 0 bridgehead atoms. The third-order valence-corrected chi connectivity index (χ3v) is 4.90. The van der Waals surface area contributed by atoms with E-state index in [1.54, 1.807) is 6.92 Å². The molecular weight excluding hydrogens is 346 g/mol. The molecule has 0 saturated carbocycles. The summed E-state index contributed by atoms with van der Waals surface area (Å²) in [5.74, 6) is -0.670. The quantitative estimate of drug-likeness (QED) is 0.708. The third-order valence-electron chi connectivity index (χ3n) is 4.90. The minimum absolute atomic E-state index is 0.0640. The van der Waals surface area contributed by atoms with Gasteiger partial charge >= 0.3 is 5.97 Å². The first-order valence-electron chi connectivity index (χ1n) is 9.42. The lowest BCUT2D eigenvalue weighted by atomic mass is 9.97. The van der Waals surface area contributed by atoms with Crippen LogP contribution in [0.2, 0.25) is 0 Å². The fourth-order valence-corrected chi connectivity index (χ4v) is 3.11. The number of ether oxygens (including phenoxy) is 1. The maximum atomic E-state index is 12.1. The van der Waals surface area contributed by atoms with E-state index < -0.39 is 0 Å². The Morgan fingerprint density at radius 2 is 1.85 bits per heavy atom. The maximum absolute atomic E-state index is 12.1. The molecule has 0 aromatic heterocycles. The number of piperidine rings is 1. The molecule has 2 N–H and O–H groups in total. The van der Waals surface area contributed by atoms with Crippen LogP contribution in [0.5, 0.6) is 0 Å². The van der Waals surface area contributed by atoms with E-state index in [9.17, 15) is 14.4 Å². The van der Waals surface area contributed by atoms with Crippen LogP contribution in [0.3, 0.4) is 0 Å². The average Bonchev–Trinajstić information content (AvgIpc) is 2.64. The van der Waals surface area contributed by atoms with E-state index >= 15 is 0 Å². The molecule has 0 radical (unpaired) electrons. The summed E-state index contributed by atoms with van der Waals surface area (Å²) in [6, 6.07) is 5.71. The first-order chi connectivity index (χ1) is 12.9. The van der Waals surface area contributed by atoms with Crippen molar-refractivity contribution in [3.63, 3.8) is 0 Å². The Bertz CT molecular complexity index is 682.